The molecule has 0 saturated heterocycles. The van der Waals surface area contributed by atoms with E-state index in [0.29, 0.717) is 19.3 Å². The number of aliphatic hydroxyl groups is 1. The lowest BCUT2D eigenvalue weighted by molar-refractivity contribution is -0.161. The van der Waals surface area contributed by atoms with E-state index in [0.717, 1.165) is 70.6 Å². The molecule has 0 aliphatic rings. The summed E-state index contributed by atoms with van der Waals surface area (Å²) >= 11 is 0. The number of carbonyl (C=O) groups excluding carboxylic acids is 2. The maximum Gasteiger partial charge on any atom is 0.472 e. The highest BCUT2D eigenvalue weighted by Gasteiger charge is 2.28. The number of aliphatic carboxylic acids is 1. The Bertz CT molecular complexity index is 1230. The third-order valence-electron chi connectivity index (χ3n) is 8.04. The van der Waals surface area contributed by atoms with Crippen LogP contribution in [0.2, 0.25) is 0 Å². The molecule has 4 atom stereocenters. The summed E-state index contributed by atoms with van der Waals surface area (Å²) in [5, 5.41) is 19.0. The highest BCUT2D eigenvalue weighted by molar-refractivity contribution is 7.47. The average molecular weight is 796 g/mol. The van der Waals surface area contributed by atoms with Crippen LogP contribution in [-0.2, 0) is 37.5 Å². The predicted octanol–water partition coefficient (Wildman–Crippen LogP) is 9.14. The minimum absolute atomic E-state index is 0.0881. The van der Waals surface area contributed by atoms with Gasteiger partial charge in [-0.2, -0.15) is 0 Å². The van der Waals surface area contributed by atoms with Crippen molar-refractivity contribution in [1.29, 1.82) is 0 Å². The van der Waals surface area contributed by atoms with Gasteiger partial charge in [0.25, 0.3) is 0 Å². The molecule has 0 radical (unpaired) electrons. The van der Waals surface area contributed by atoms with Gasteiger partial charge in [-0.15, -0.1) is 0 Å². The van der Waals surface area contributed by atoms with Crippen LogP contribution in [-0.4, -0.2) is 71.1 Å². The van der Waals surface area contributed by atoms with Gasteiger partial charge in [-0.05, 0) is 70.6 Å². The highest BCUT2D eigenvalue weighted by atomic mass is 31.2. The molecule has 0 rings (SSSR count). The maximum absolute atomic E-state index is 12.6. The molecule has 0 spiro atoms. The van der Waals surface area contributed by atoms with Crippen LogP contribution in [0.15, 0.2) is 72.9 Å². The third kappa shape index (κ3) is 36.3. The Labute approximate surface area is 330 Å². The summed E-state index contributed by atoms with van der Waals surface area (Å²) in [5.74, 6) is -2.53. The molecule has 314 valence electrons. The van der Waals surface area contributed by atoms with E-state index < -0.39 is 63.8 Å². The van der Waals surface area contributed by atoms with Gasteiger partial charge >= 0.3 is 25.7 Å². The Kier molecular flexibility index (Phi) is 34.4. The minimum Gasteiger partial charge on any atom is -0.480 e. The maximum atomic E-state index is 12.6. The van der Waals surface area contributed by atoms with Gasteiger partial charge in [-0.3, -0.25) is 23.4 Å². The lowest BCUT2D eigenvalue weighted by Crippen LogP contribution is -2.34. The molecule has 0 aliphatic heterocycles. The Balaban J connectivity index is 4.58. The molecule has 0 fully saturated rings. The van der Waals surface area contributed by atoms with Gasteiger partial charge in [0.1, 0.15) is 12.6 Å². The van der Waals surface area contributed by atoms with E-state index in [4.69, 9.17) is 24.8 Å². The number of ether oxygens (including phenoxy) is 2. The van der Waals surface area contributed by atoms with Crippen LogP contribution in [0, 0.1) is 0 Å². The van der Waals surface area contributed by atoms with Crippen molar-refractivity contribution in [3.63, 3.8) is 0 Å². The monoisotopic (exact) mass is 795 g/mol. The number of carboxylic acid groups (broad SMARTS) is 1. The number of esters is 2. The second-order valence-electron chi connectivity index (χ2n) is 13.2. The predicted molar refractivity (Wildman–Crippen MR) is 218 cm³/mol. The summed E-state index contributed by atoms with van der Waals surface area (Å²) in [4.78, 5) is 45.8. The van der Waals surface area contributed by atoms with Gasteiger partial charge in [0.15, 0.2) is 6.10 Å². The molecular weight excluding hydrogens is 725 g/mol. The first-order chi connectivity index (χ1) is 26.5. The van der Waals surface area contributed by atoms with Crippen molar-refractivity contribution in [2.45, 2.75) is 154 Å². The first-order valence-electron chi connectivity index (χ1n) is 20.1. The van der Waals surface area contributed by atoms with Crippen molar-refractivity contribution in [3.8, 4) is 0 Å². The van der Waals surface area contributed by atoms with Crippen molar-refractivity contribution in [2.24, 2.45) is 5.73 Å². The topological polar surface area (TPSA) is 192 Å². The molecule has 0 aromatic carbocycles. The molecule has 0 bridgehead atoms. The van der Waals surface area contributed by atoms with Crippen molar-refractivity contribution in [2.75, 3.05) is 19.8 Å². The standard InChI is InChI=1S/C42H70NO11P/c1-3-5-7-9-11-12-13-14-15-16-17-18-20-24-29-33-41(46)54-38(35-52-55(49,50)53-36-39(43)42(47)48)34-51-40(45)32-28-25-21-23-27-31-37(44)30-26-22-19-10-8-6-4-2/h6,8,11-12,14-15,17-19,22,26,30,37-39,44H,3-5,7,9-10,13,16,20-21,23-25,27-29,31-36,43H2,1-2H3,(H,47,48)(H,49,50)/b8-6+,12-11-,15-14-,18-17-,22-19+,30-26+/t37?,38-,39+/m1/s1. The molecule has 0 amide bonds. The number of nitrogens with two attached hydrogens (primary N) is 1. The van der Waals surface area contributed by atoms with Crippen LogP contribution < -0.4 is 5.73 Å². The summed E-state index contributed by atoms with van der Waals surface area (Å²) < 4.78 is 32.5. The Morgan fingerprint density at radius 1 is 0.673 bits per heavy atom. The van der Waals surface area contributed by atoms with Gasteiger partial charge in [0.05, 0.1) is 19.3 Å². The van der Waals surface area contributed by atoms with E-state index >= 15 is 0 Å². The van der Waals surface area contributed by atoms with Gasteiger partial charge in [0.2, 0.25) is 0 Å². The molecule has 2 unspecified atom stereocenters. The first kappa shape index (κ1) is 51.9. The number of unbranched alkanes of at least 4 members (excludes halogenated alkanes) is 9. The molecule has 0 heterocycles. The first-order valence-corrected chi connectivity index (χ1v) is 21.6. The molecule has 12 nitrogen and oxygen atoms in total. The Morgan fingerprint density at radius 3 is 1.91 bits per heavy atom. The summed E-state index contributed by atoms with van der Waals surface area (Å²) in [6.07, 6.45) is 38.5. The Morgan fingerprint density at radius 2 is 1.24 bits per heavy atom. The number of hydrogen-bond donors (Lipinski definition) is 4. The van der Waals surface area contributed by atoms with Crippen molar-refractivity contribution in [1.82, 2.24) is 0 Å². The quantitative estimate of drug-likeness (QED) is 0.0155. The second-order valence-corrected chi connectivity index (χ2v) is 14.7. The number of aliphatic hydroxyl groups excluding tert-OH is 1. The van der Waals surface area contributed by atoms with Crippen LogP contribution in [0.1, 0.15) is 136 Å². The van der Waals surface area contributed by atoms with Crippen molar-refractivity contribution >= 4 is 25.7 Å². The van der Waals surface area contributed by atoms with Crippen LogP contribution in [0.3, 0.4) is 0 Å². The van der Waals surface area contributed by atoms with Crippen LogP contribution in [0.4, 0.5) is 0 Å². The number of carbonyl (C=O) groups is 3. The molecule has 0 aromatic rings. The van der Waals surface area contributed by atoms with E-state index in [1.807, 2.05) is 18.2 Å². The smallest absolute Gasteiger partial charge is 0.472 e. The highest BCUT2D eigenvalue weighted by Crippen LogP contribution is 2.43. The number of carboxylic acids is 1. The van der Waals surface area contributed by atoms with Crippen molar-refractivity contribution < 1.29 is 52.6 Å². The average Bonchev–Trinajstić information content (AvgIpc) is 3.15. The fourth-order valence-corrected chi connectivity index (χ4v) is 5.62. The van der Waals surface area contributed by atoms with Gasteiger partial charge < -0.3 is 30.3 Å². The minimum atomic E-state index is -4.75. The zero-order valence-corrected chi connectivity index (χ0v) is 34.2. The number of rotatable bonds is 36. The van der Waals surface area contributed by atoms with E-state index in [1.165, 1.54) is 19.3 Å². The van der Waals surface area contributed by atoms with Crippen LogP contribution >= 0.6 is 7.82 Å². The fraction of sp³-hybridized carbons (Fsp3) is 0.643. The number of phosphoric acid groups is 1. The molecule has 13 heteroatoms. The number of phosphoric ester groups is 1. The van der Waals surface area contributed by atoms with Crippen LogP contribution in [0.5, 0.6) is 0 Å². The van der Waals surface area contributed by atoms with E-state index in [9.17, 15) is 28.9 Å². The molecule has 55 heavy (non-hydrogen) atoms. The summed E-state index contributed by atoms with van der Waals surface area (Å²) in [6, 6.07) is -1.54. The fourth-order valence-electron chi connectivity index (χ4n) is 4.84. The zero-order chi connectivity index (χ0) is 40.8. The Hall–Kier alpha value is -3.12. The van der Waals surface area contributed by atoms with Crippen molar-refractivity contribution in [3.05, 3.63) is 72.9 Å². The van der Waals surface area contributed by atoms with Gasteiger partial charge in [-0.1, -0.05) is 125 Å². The summed E-state index contributed by atoms with van der Waals surface area (Å²) in [5.41, 5.74) is 5.31. The van der Waals surface area contributed by atoms with Gasteiger partial charge in [-0.25, -0.2) is 4.57 Å². The normalized spacial score (nSPS) is 15.1. The number of hydrogen-bond acceptors (Lipinski definition) is 10. The lowest BCUT2D eigenvalue weighted by atomic mass is 10.1. The van der Waals surface area contributed by atoms with Gasteiger partial charge in [0, 0.05) is 12.8 Å². The van der Waals surface area contributed by atoms with Crippen LogP contribution in [0.25, 0.3) is 0 Å². The van der Waals surface area contributed by atoms with E-state index in [2.05, 4.69) is 67.0 Å². The number of allylic oxidation sites excluding steroid dienone is 11. The second kappa shape index (κ2) is 36.5. The molecule has 5 N–H and O–H groups in total. The van der Waals surface area contributed by atoms with E-state index in [-0.39, 0.29) is 12.8 Å². The molecular formula is C42H70NO11P. The third-order valence-corrected chi connectivity index (χ3v) is 8.99. The molecule has 0 aliphatic carbocycles. The largest absolute Gasteiger partial charge is 0.480 e. The summed E-state index contributed by atoms with van der Waals surface area (Å²) in [7, 11) is -4.75. The lowest BCUT2D eigenvalue weighted by Gasteiger charge is -2.20. The molecule has 0 saturated carbocycles. The SMILES string of the molecule is CC/C=C/C/C=C/C=C/C(O)CCCCCCCC(=O)OC[C@H](COP(=O)(O)OC[C@H](N)C(=O)O)OC(=O)CCCC/C=C\C/C=C\C/C=C\CCCCC. The zero-order valence-electron chi connectivity index (χ0n) is 33.3. The van der Waals surface area contributed by atoms with E-state index in [1.54, 1.807) is 6.08 Å². The summed E-state index contributed by atoms with van der Waals surface area (Å²) in [6.45, 7) is 2.47. The molecule has 0 aromatic heterocycles.